The van der Waals surface area contributed by atoms with E-state index >= 15 is 0 Å². The van der Waals surface area contributed by atoms with Crippen LogP contribution in [0, 0.1) is 7.14 Å². The number of rotatable bonds is 7. The highest BCUT2D eigenvalue weighted by Gasteiger charge is 2.06. The molecule has 0 aliphatic rings. The van der Waals surface area contributed by atoms with Crippen LogP contribution in [0.25, 0.3) is 0 Å². The third-order valence-electron chi connectivity index (χ3n) is 2.67. The Hall–Kier alpha value is -0.120. The highest BCUT2D eigenvalue weighted by molar-refractivity contribution is 14.1. The maximum atomic E-state index is 11.7. The number of carbonyl (C=O) groups excluding carboxylic acids is 1. The molecule has 0 atom stereocenters. The molecule has 0 bridgehead atoms. The SMILES string of the molecule is CCCCCCNC(=O)Cn1cc(I)c(=O)c(I)c1. The summed E-state index contributed by atoms with van der Waals surface area (Å²) in [7, 11) is 0. The molecule has 0 aliphatic carbocycles. The van der Waals surface area contributed by atoms with E-state index in [-0.39, 0.29) is 17.9 Å². The van der Waals surface area contributed by atoms with Crippen molar-refractivity contribution in [3.63, 3.8) is 0 Å². The van der Waals surface area contributed by atoms with Crippen LogP contribution in [0.4, 0.5) is 0 Å². The van der Waals surface area contributed by atoms with Gasteiger partial charge in [0.2, 0.25) is 11.3 Å². The largest absolute Gasteiger partial charge is 0.355 e. The van der Waals surface area contributed by atoms with Gasteiger partial charge in [-0.2, -0.15) is 0 Å². The molecule has 106 valence electrons. The Morgan fingerprint density at radius 2 is 1.84 bits per heavy atom. The lowest BCUT2D eigenvalue weighted by Gasteiger charge is -2.08. The van der Waals surface area contributed by atoms with Crippen molar-refractivity contribution in [2.75, 3.05) is 6.54 Å². The van der Waals surface area contributed by atoms with Crippen molar-refractivity contribution in [1.82, 2.24) is 9.88 Å². The maximum Gasteiger partial charge on any atom is 0.239 e. The van der Waals surface area contributed by atoms with Gasteiger partial charge in [-0.1, -0.05) is 26.2 Å². The van der Waals surface area contributed by atoms with Crippen molar-refractivity contribution in [3.8, 4) is 0 Å². The van der Waals surface area contributed by atoms with E-state index in [9.17, 15) is 9.59 Å². The van der Waals surface area contributed by atoms with Gasteiger partial charge in [0, 0.05) is 18.9 Å². The molecule has 0 unspecified atom stereocenters. The number of aromatic nitrogens is 1. The fraction of sp³-hybridized carbons (Fsp3) is 0.538. The van der Waals surface area contributed by atoms with Crippen LogP contribution in [0.15, 0.2) is 17.2 Å². The van der Waals surface area contributed by atoms with Crippen molar-refractivity contribution in [3.05, 3.63) is 29.8 Å². The van der Waals surface area contributed by atoms with Gasteiger partial charge < -0.3 is 9.88 Å². The molecule has 1 amide bonds. The van der Waals surface area contributed by atoms with Crippen LogP contribution in [0.3, 0.4) is 0 Å². The van der Waals surface area contributed by atoms with Gasteiger partial charge in [0.25, 0.3) is 0 Å². The second-order valence-electron chi connectivity index (χ2n) is 4.37. The molecule has 0 radical (unpaired) electrons. The quantitative estimate of drug-likeness (QED) is 0.475. The topological polar surface area (TPSA) is 51.1 Å². The molecular formula is C13H18I2N2O2. The Morgan fingerprint density at radius 3 is 2.42 bits per heavy atom. The summed E-state index contributed by atoms with van der Waals surface area (Å²) < 4.78 is 3.03. The molecule has 1 rings (SSSR count). The van der Waals surface area contributed by atoms with E-state index in [2.05, 4.69) is 12.2 Å². The predicted molar refractivity (Wildman–Crippen MR) is 93.3 cm³/mol. The van der Waals surface area contributed by atoms with Crippen molar-refractivity contribution in [2.45, 2.75) is 39.2 Å². The molecule has 0 aromatic carbocycles. The first-order valence-corrected chi connectivity index (χ1v) is 8.52. The van der Waals surface area contributed by atoms with Gasteiger partial charge >= 0.3 is 0 Å². The lowest BCUT2D eigenvalue weighted by Crippen LogP contribution is -2.29. The first-order chi connectivity index (χ1) is 9.04. The smallest absolute Gasteiger partial charge is 0.239 e. The molecule has 0 aliphatic heterocycles. The van der Waals surface area contributed by atoms with E-state index in [1.807, 2.05) is 45.2 Å². The number of carbonyl (C=O) groups is 1. The molecule has 1 heterocycles. The molecule has 4 nitrogen and oxygen atoms in total. The summed E-state index contributed by atoms with van der Waals surface area (Å²) in [6, 6.07) is 0. The van der Waals surface area contributed by atoms with E-state index in [4.69, 9.17) is 0 Å². The zero-order valence-electron chi connectivity index (χ0n) is 10.9. The van der Waals surface area contributed by atoms with Gasteiger partial charge in [-0.05, 0) is 51.6 Å². The monoisotopic (exact) mass is 488 g/mol. The van der Waals surface area contributed by atoms with E-state index in [1.54, 1.807) is 17.0 Å². The van der Waals surface area contributed by atoms with Crippen molar-refractivity contribution >= 4 is 51.1 Å². The number of unbranched alkanes of at least 4 members (excludes halogenated alkanes) is 3. The number of pyridine rings is 1. The second kappa shape index (κ2) is 8.93. The van der Waals surface area contributed by atoms with Crippen molar-refractivity contribution < 1.29 is 4.79 Å². The van der Waals surface area contributed by atoms with Crippen LogP contribution >= 0.6 is 45.2 Å². The number of nitrogens with one attached hydrogen (secondary N) is 1. The number of halogens is 2. The summed E-state index contributed by atoms with van der Waals surface area (Å²) in [6.07, 6.45) is 8.01. The van der Waals surface area contributed by atoms with Crippen LogP contribution in [0.1, 0.15) is 32.6 Å². The number of amides is 1. The molecule has 0 fully saturated rings. The second-order valence-corrected chi connectivity index (χ2v) is 6.69. The number of nitrogens with zero attached hydrogens (tertiary/aromatic N) is 1. The Bertz CT molecular complexity index is 460. The minimum Gasteiger partial charge on any atom is -0.355 e. The molecular weight excluding hydrogens is 470 g/mol. The van der Waals surface area contributed by atoms with Crippen LogP contribution < -0.4 is 10.7 Å². The van der Waals surface area contributed by atoms with E-state index in [1.165, 1.54) is 12.8 Å². The van der Waals surface area contributed by atoms with Crippen LogP contribution in [-0.2, 0) is 11.3 Å². The summed E-state index contributed by atoms with van der Waals surface area (Å²) in [5.74, 6) is -0.00764. The summed E-state index contributed by atoms with van der Waals surface area (Å²) in [5, 5.41) is 2.90. The minimum atomic E-state index is -0.00764. The zero-order chi connectivity index (χ0) is 14.3. The van der Waals surface area contributed by atoms with E-state index in [0.717, 1.165) is 19.4 Å². The predicted octanol–water partition coefficient (Wildman–Crippen LogP) is 2.75. The molecule has 1 aromatic heterocycles. The highest BCUT2D eigenvalue weighted by atomic mass is 127. The lowest BCUT2D eigenvalue weighted by atomic mass is 10.2. The summed E-state index contributed by atoms with van der Waals surface area (Å²) >= 11 is 3.99. The Kier molecular flexibility index (Phi) is 7.96. The molecule has 0 saturated heterocycles. The summed E-state index contributed by atoms with van der Waals surface area (Å²) in [6.45, 7) is 3.16. The zero-order valence-corrected chi connectivity index (χ0v) is 15.2. The Morgan fingerprint density at radius 1 is 1.21 bits per heavy atom. The van der Waals surface area contributed by atoms with Crippen LogP contribution in [0.5, 0.6) is 0 Å². The minimum absolute atomic E-state index is 0.00764. The van der Waals surface area contributed by atoms with Crippen LogP contribution in [0.2, 0.25) is 0 Å². The highest BCUT2D eigenvalue weighted by Crippen LogP contribution is 2.04. The van der Waals surface area contributed by atoms with Gasteiger partial charge in [0.05, 0.1) is 7.14 Å². The Labute approximate surface area is 140 Å². The van der Waals surface area contributed by atoms with Crippen LogP contribution in [-0.4, -0.2) is 17.0 Å². The van der Waals surface area contributed by atoms with Gasteiger partial charge in [-0.3, -0.25) is 9.59 Å². The molecule has 19 heavy (non-hydrogen) atoms. The standard InChI is InChI=1S/C13H18I2N2O2/c1-2-3-4-5-6-16-12(18)9-17-7-10(14)13(19)11(15)8-17/h7-8H,2-6,9H2,1H3,(H,16,18). The maximum absolute atomic E-state index is 11.7. The third-order valence-corrected chi connectivity index (χ3v) is 4.21. The lowest BCUT2D eigenvalue weighted by molar-refractivity contribution is -0.121. The fourth-order valence-corrected chi connectivity index (χ4v) is 3.47. The van der Waals surface area contributed by atoms with E-state index in [0.29, 0.717) is 7.14 Å². The molecule has 0 spiro atoms. The fourth-order valence-electron chi connectivity index (χ4n) is 1.65. The van der Waals surface area contributed by atoms with Gasteiger partial charge in [-0.25, -0.2) is 0 Å². The average molecular weight is 488 g/mol. The first-order valence-electron chi connectivity index (χ1n) is 6.36. The van der Waals surface area contributed by atoms with Crippen molar-refractivity contribution in [2.24, 2.45) is 0 Å². The van der Waals surface area contributed by atoms with Crippen molar-refractivity contribution in [1.29, 1.82) is 0 Å². The third kappa shape index (κ3) is 6.24. The number of hydrogen-bond donors (Lipinski definition) is 1. The molecule has 1 aromatic rings. The number of hydrogen-bond acceptors (Lipinski definition) is 2. The normalized spacial score (nSPS) is 10.5. The molecule has 1 N–H and O–H groups in total. The Balaban J connectivity index is 2.42. The first kappa shape index (κ1) is 16.9. The van der Waals surface area contributed by atoms with E-state index < -0.39 is 0 Å². The molecule has 6 heteroatoms. The average Bonchev–Trinajstić information content (AvgIpc) is 2.35. The summed E-state index contributed by atoms with van der Waals surface area (Å²) in [4.78, 5) is 23.3. The molecule has 0 saturated carbocycles. The van der Waals surface area contributed by atoms with Gasteiger partial charge in [0.15, 0.2) is 0 Å². The summed E-state index contributed by atoms with van der Waals surface area (Å²) in [5.41, 5.74) is 0.0254. The van der Waals surface area contributed by atoms with Gasteiger partial charge in [0.1, 0.15) is 6.54 Å². The van der Waals surface area contributed by atoms with Gasteiger partial charge in [-0.15, -0.1) is 0 Å².